The largest absolute Gasteiger partial charge is 0.489 e. The molecule has 26 heavy (non-hydrogen) atoms. The van der Waals surface area contributed by atoms with Gasteiger partial charge in [-0.1, -0.05) is 30.9 Å². The first-order valence-corrected chi connectivity index (χ1v) is 8.99. The number of aryl methyl sites for hydroxylation is 1. The first-order chi connectivity index (χ1) is 12.8. The maximum Gasteiger partial charge on any atom is 0.191 e. The van der Waals surface area contributed by atoms with E-state index in [0.29, 0.717) is 19.7 Å². The van der Waals surface area contributed by atoms with E-state index in [-0.39, 0.29) is 0 Å². The molecule has 2 aromatic rings. The van der Waals surface area contributed by atoms with Crippen LogP contribution in [-0.4, -0.2) is 34.4 Å². The number of nitrogens with one attached hydrogen (secondary N) is 2. The fourth-order valence-electron chi connectivity index (χ4n) is 3.00. The molecule has 0 radical (unpaired) electrons. The predicted molar refractivity (Wildman–Crippen MR) is 102 cm³/mol. The number of guanidine groups is 1. The standard InChI is InChI=1S/C19H26N6O/c1-3-12-26-16-9-5-4-8-15(16)13-21-19(20-2)22-14-18-24-23-17-10-6-7-11-25(17)18/h3-5,8-9H,1,6-7,10-14H2,2H3,(H2,20,21,22). The summed E-state index contributed by atoms with van der Waals surface area (Å²) in [7, 11) is 1.76. The van der Waals surface area contributed by atoms with Gasteiger partial charge in [-0.05, 0) is 18.9 Å². The molecule has 0 amide bonds. The summed E-state index contributed by atoms with van der Waals surface area (Å²) in [5, 5.41) is 15.2. The van der Waals surface area contributed by atoms with E-state index in [2.05, 4.69) is 37.0 Å². The molecule has 7 heteroatoms. The summed E-state index contributed by atoms with van der Waals surface area (Å²) in [5.41, 5.74) is 1.07. The third-order valence-electron chi connectivity index (χ3n) is 4.35. The quantitative estimate of drug-likeness (QED) is 0.452. The van der Waals surface area contributed by atoms with Crippen LogP contribution in [0.1, 0.15) is 30.1 Å². The van der Waals surface area contributed by atoms with Gasteiger partial charge in [0.25, 0.3) is 0 Å². The molecule has 1 aromatic heterocycles. The van der Waals surface area contributed by atoms with Gasteiger partial charge in [-0.15, -0.1) is 10.2 Å². The molecule has 0 spiro atoms. The molecule has 138 valence electrons. The molecule has 7 nitrogen and oxygen atoms in total. The highest BCUT2D eigenvalue weighted by Gasteiger charge is 2.15. The number of para-hydroxylation sites is 1. The molecule has 0 fully saturated rings. The molecule has 1 aliphatic heterocycles. The van der Waals surface area contributed by atoms with Gasteiger partial charge in [-0.2, -0.15) is 0 Å². The maximum absolute atomic E-state index is 5.69. The van der Waals surface area contributed by atoms with E-state index in [1.54, 1.807) is 13.1 Å². The number of aromatic nitrogens is 3. The van der Waals surface area contributed by atoms with Crippen LogP contribution in [0.25, 0.3) is 0 Å². The number of rotatable bonds is 7. The van der Waals surface area contributed by atoms with Crippen LogP contribution in [-0.2, 0) is 26.1 Å². The van der Waals surface area contributed by atoms with E-state index in [0.717, 1.165) is 41.9 Å². The second-order valence-electron chi connectivity index (χ2n) is 6.13. The highest BCUT2D eigenvalue weighted by molar-refractivity contribution is 5.79. The van der Waals surface area contributed by atoms with Crippen LogP contribution in [0.3, 0.4) is 0 Å². The number of benzene rings is 1. The average Bonchev–Trinajstić information content (AvgIpc) is 3.10. The fourth-order valence-corrected chi connectivity index (χ4v) is 3.00. The molecule has 0 saturated carbocycles. The van der Waals surface area contributed by atoms with Crippen molar-refractivity contribution in [2.45, 2.75) is 38.9 Å². The van der Waals surface area contributed by atoms with Gasteiger partial charge in [0.1, 0.15) is 18.2 Å². The van der Waals surface area contributed by atoms with Crippen molar-refractivity contribution in [3.63, 3.8) is 0 Å². The summed E-state index contributed by atoms with van der Waals surface area (Å²) < 4.78 is 7.90. The molecule has 1 aromatic carbocycles. The van der Waals surface area contributed by atoms with Crippen LogP contribution in [0.2, 0.25) is 0 Å². The van der Waals surface area contributed by atoms with Crippen LogP contribution in [0, 0.1) is 0 Å². The zero-order valence-corrected chi connectivity index (χ0v) is 15.2. The van der Waals surface area contributed by atoms with Gasteiger partial charge in [0.15, 0.2) is 11.8 Å². The van der Waals surface area contributed by atoms with E-state index in [1.165, 1.54) is 12.8 Å². The maximum atomic E-state index is 5.69. The molecule has 3 rings (SSSR count). The van der Waals surface area contributed by atoms with Crippen molar-refractivity contribution in [3.05, 3.63) is 54.1 Å². The Hall–Kier alpha value is -2.83. The van der Waals surface area contributed by atoms with Gasteiger partial charge >= 0.3 is 0 Å². The second-order valence-corrected chi connectivity index (χ2v) is 6.13. The molecule has 0 bridgehead atoms. The number of hydrogen-bond acceptors (Lipinski definition) is 4. The van der Waals surface area contributed by atoms with Gasteiger partial charge in [-0.25, -0.2) is 0 Å². The lowest BCUT2D eigenvalue weighted by atomic mass is 10.2. The van der Waals surface area contributed by atoms with E-state index in [9.17, 15) is 0 Å². The third-order valence-corrected chi connectivity index (χ3v) is 4.35. The number of hydrogen-bond donors (Lipinski definition) is 2. The van der Waals surface area contributed by atoms with Crippen molar-refractivity contribution in [1.29, 1.82) is 0 Å². The summed E-state index contributed by atoms with van der Waals surface area (Å²) in [6.07, 6.45) is 5.14. The Bertz CT molecular complexity index is 767. The Labute approximate surface area is 154 Å². The average molecular weight is 354 g/mol. The van der Waals surface area contributed by atoms with Crippen molar-refractivity contribution in [2.24, 2.45) is 4.99 Å². The fraction of sp³-hybridized carbons (Fsp3) is 0.421. The van der Waals surface area contributed by atoms with Crippen molar-refractivity contribution in [2.75, 3.05) is 13.7 Å². The summed E-state index contributed by atoms with van der Waals surface area (Å²) in [5.74, 6) is 3.61. The van der Waals surface area contributed by atoms with Crippen LogP contribution < -0.4 is 15.4 Å². The van der Waals surface area contributed by atoms with Gasteiger partial charge in [0.05, 0.1) is 6.54 Å². The minimum Gasteiger partial charge on any atom is -0.489 e. The minimum atomic E-state index is 0.488. The van der Waals surface area contributed by atoms with Crippen LogP contribution in [0.4, 0.5) is 0 Å². The second kappa shape index (κ2) is 9.03. The smallest absolute Gasteiger partial charge is 0.191 e. The first kappa shape index (κ1) is 18.0. The van der Waals surface area contributed by atoms with Crippen molar-refractivity contribution < 1.29 is 4.74 Å². The number of ether oxygens (including phenoxy) is 1. The molecule has 0 aliphatic carbocycles. The molecule has 2 heterocycles. The Balaban J connectivity index is 1.56. The van der Waals surface area contributed by atoms with Crippen LogP contribution in [0.5, 0.6) is 5.75 Å². The number of aliphatic imine (C=N–C) groups is 1. The molecule has 0 unspecified atom stereocenters. The highest BCUT2D eigenvalue weighted by atomic mass is 16.5. The summed E-state index contributed by atoms with van der Waals surface area (Å²) in [6, 6.07) is 7.95. The predicted octanol–water partition coefficient (Wildman–Crippen LogP) is 2.04. The van der Waals surface area contributed by atoms with Crippen LogP contribution >= 0.6 is 0 Å². The third kappa shape index (κ3) is 4.41. The van der Waals surface area contributed by atoms with E-state index in [1.807, 2.05) is 24.3 Å². The lowest BCUT2D eigenvalue weighted by molar-refractivity contribution is 0.358. The molecule has 2 N–H and O–H groups in total. The van der Waals surface area contributed by atoms with E-state index < -0.39 is 0 Å². The molecule has 1 aliphatic rings. The molecule has 0 atom stereocenters. The summed E-state index contributed by atoms with van der Waals surface area (Å²) in [6.45, 7) is 6.39. The number of nitrogens with zero attached hydrogens (tertiary/aromatic N) is 4. The molecule has 0 saturated heterocycles. The summed E-state index contributed by atoms with van der Waals surface area (Å²) in [4.78, 5) is 4.29. The van der Waals surface area contributed by atoms with Crippen molar-refractivity contribution >= 4 is 5.96 Å². The normalized spacial score (nSPS) is 13.8. The van der Waals surface area contributed by atoms with Crippen molar-refractivity contribution in [3.8, 4) is 5.75 Å². The van der Waals surface area contributed by atoms with Gasteiger partial charge in [0.2, 0.25) is 0 Å². The SMILES string of the molecule is C=CCOc1ccccc1CNC(=NC)NCc1nnc2n1CCCC2. The Kier molecular flexibility index (Phi) is 6.24. The topological polar surface area (TPSA) is 76.4 Å². The van der Waals surface area contributed by atoms with E-state index in [4.69, 9.17) is 4.74 Å². The Morgan fingerprint density at radius 3 is 2.96 bits per heavy atom. The minimum absolute atomic E-state index is 0.488. The zero-order chi connectivity index (χ0) is 18.2. The van der Waals surface area contributed by atoms with E-state index >= 15 is 0 Å². The number of fused-ring (bicyclic) bond motifs is 1. The van der Waals surface area contributed by atoms with Gasteiger partial charge in [0, 0.05) is 32.1 Å². The zero-order valence-electron chi connectivity index (χ0n) is 15.2. The van der Waals surface area contributed by atoms with Crippen molar-refractivity contribution in [1.82, 2.24) is 25.4 Å². The molecular weight excluding hydrogens is 328 g/mol. The van der Waals surface area contributed by atoms with Crippen LogP contribution in [0.15, 0.2) is 41.9 Å². The highest BCUT2D eigenvalue weighted by Crippen LogP contribution is 2.17. The summed E-state index contributed by atoms with van der Waals surface area (Å²) >= 11 is 0. The van der Waals surface area contributed by atoms with Gasteiger partial charge in [-0.3, -0.25) is 4.99 Å². The lowest BCUT2D eigenvalue weighted by Crippen LogP contribution is -2.37. The van der Waals surface area contributed by atoms with Gasteiger partial charge < -0.3 is 19.9 Å². The monoisotopic (exact) mass is 354 g/mol. The Morgan fingerprint density at radius 1 is 1.27 bits per heavy atom. The molecular formula is C19H26N6O. The Morgan fingerprint density at radius 2 is 2.12 bits per heavy atom. The lowest BCUT2D eigenvalue weighted by Gasteiger charge is -2.16. The first-order valence-electron chi connectivity index (χ1n) is 8.99.